The minimum atomic E-state index is -0.243. The van der Waals surface area contributed by atoms with Crippen LogP contribution in [0.2, 0.25) is 0 Å². The largest absolute Gasteiger partial charge is 0.311 e. The molecule has 1 heterocycles. The fraction of sp³-hybridized carbons (Fsp3) is 0.647. The van der Waals surface area contributed by atoms with Crippen LogP contribution in [0.5, 0.6) is 0 Å². The fourth-order valence-corrected chi connectivity index (χ4v) is 3.12. The Kier molecular flexibility index (Phi) is 5.99. The van der Waals surface area contributed by atoms with E-state index in [1.54, 1.807) is 0 Å². The average molecular weight is 278 g/mol. The van der Waals surface area contributed by atoms with Crippen LogP contribution < -0.4 is 5.32 Å². The van der Waals surface area contributed by atoms with Crippen molar-refractivity contribution in [1.82, 2.24) is 10.2 Å². The standard InChI is InChI=1S/C17H27FN2/c1-14(2)10-17-12-19-16(13-20(17)9-8-18)11-15-6-4-3-5-7-15/h3-7,14,16-17,19H,8-13H2,1-2H3. The SMILES string of the molecule is CC(C)CC1CNC(Cc2ccccc2)CN1CCF. The summed E-state index contributed by atoms with van der Waals surface area (Å²) in [6, 6.07) is 11.5. The molecule has 0 aliphatic carbocycles. The molecule has 2 unspecified atom stereocenters. The van der Waals surface area contributed by atoms with Crippen LogP contribution in [-0.2, 0) is 6.42 Å². The zero-order chi connectivity index (χ0) is 14.4. The molecule has 112 valence electrons. The molecule has 2 nitrogen and oxygen atoms in total. The van der Waals surface area contributed by atoms with Crippen molar-refractivity contribution in [2.75, 3.05) is 26.3 Å². The molecule has 1 aliphatic heterocycles. The summed E-state index contributed by atoms with van der Waals surface area (Å²) >= 11 is 0. The van der Waals surface area contributed by atoms with Gasteiger partial charge in [0.1, 0.15) is 6.67 Å². The Hall–Kier alpha value is -0.930. The van der Waals surface area contributed by atoms with Gasteiger partial charge in [0, 0.05) is 31.7 Å². The fourth-order valence-electron chi connectivity index (χ4n) is 3.12. The first-order valence-electron chi connectivity index (χ1n) is 7.76. The van der Waals surface area contributed by atoms with Crippen molar-refractivity contribution in [3.63, 3.8) is 0 Å². The summed E-state index contributed by atoms with van der Waals surface area (Å²) in [6.07, 6.45) is 2.17. The summed E-state index contributed by atoms with van der Waals surface area (Å²) in [4.78, 5) is 2.34. The minimum absolute atomic E-state index is 0.243. The van der Waals surface area contributed by atoms with Gasteiger partial charge in [-0.25, -0.2) is 4.39 Å². The maximum Gasteiger partial charge on any atom is 0.102 e. The van der Waals surface area contributed by atoms with Crippen molar-refractivity contribution >= 4 is 0 Å². The molecule has 0 radical (unpaired) electrons. The first-order valence-corrected chi connectivity index (χ1v) is 7.76. The summed E-state index contributed by atoms with van der Waals surface area (Å²) in [6.45, 7) is 6.75. The van der Waals surface area contributed by atoms with Gasteiger partial charge >= 0.3 is 0 Å². The Morgan fingerprint density at radius 1 is 1.30 bits per heavy atom. The number of benzene rings is 1. The maximum absolute atomic E-state index is 12.8. The summed E-state index contributed by atoms with van der Waals surface area (Å²) in [5.41, 5.74) is 1.35. The molecule has 1 aromatic rings. The van der Waals surface area contributed by atoms with Crippen LogP contribution >= 0.6 is 0 Å². The normalized spacial score (nSPS) is 24.2. The van der Waals surface area contributed by atoms with Gasteiger partial charge in [-0.3, -0.25) is 4.90 Å². The third kappa shape index (κ3) is 4.57. The van der Waals surface area contributed by atoms with Gasteiger partial charge in [0.2, 0.25) is 0 Å². The number of nitrogens with zero attached hydrogens (tertiary/aromatic N) is 1. The van der Waals surface area contributed by atoms with Gasteiger partial charge in [0.25, 0.3) is 0 Å². The van der Waals surface area contributed by atoms with E-state index in [4.69, 9.17) is 0 Å². The van der Waals surface area contributed by atoms with Gasteiger partial charge in [-0.15, -0.1) is 0 Å². The van der Waals surface area contributed by atoms with Crippen molar-refractivity contribution in [2.24, 2.45) is 5.92 Å². The third-order valence-electron chi connectivity index (χ3n) is 4.05. The molecule has 20 heavy (non-hydrogen) atoms. The number of nitrogens with one attached hydrogen (secondary N) is 1. The topological polar surface area (TPSA) is 15.3 Å². The lowest BCUT2D eigenvalue weighted by molar-refractivity contribution is 0.106. The van der Waals surface area contributed by atoms with E-state index in [0.29, 0.717) is 24.5 Å². The second-order valence-corrected chi connectivity index (χ2v) is 6.26. The lowest BCUT2D eigenvalue weighted by Gasteiger charge is -2.41. The summed E-state index contributed by atoms with van der Waals surface area (Å²) < 4.78 is 12.8. The van der Waals surface area contributed by atoms with E-state index in [2.05, 4.69) is 48.3 Å². The third-order valence-corrected chi connectivity index (χ3v) is 4.05. The highest BCUT2D eigenvalue weighted by Gasteiger charge is 2.27. The second kappa shape index (κ2) is 7.75. The van der Waals surface area contributed by atoms with Crippen molar-refractivity contribution < 1.29 is 4.39 Å². The van der Waals surface area contributed by atoms with E-state index < -0.39 is 0 Å². The van der Waals surface area contributed by atoms with E-state index in [1.165, 1.54) is 5.56 Å². The molecule has 3 heteroatoms. The highest BCUT2D eigenvalue weighted by Crippen LogP contribution is 2.17. The van der Waals surface area contributed by atoms with Gasteiger partial charge in [0.15, 0.2) is 0 Å². The number of hydrogen-bond donors (Lipinski definition) is 1. The van der Waals surface area contributed by atoms with E-state index in [-0.39, 0.29) is 6.67 Å². The van der Waals surface area contributed by atoms with Gasteiger partial charge in [0.05, 0.1) is 0 Å². The molecule has 1 saturated heterocycles. The van der Waals surface area contributed by atoms with Crippen molar-refractivity contribution in [1.29, 1.82) is 0 Å². The van der Waals surface area contributed by atoms with Gasteiger partial charge in [-0.05, 0) is 24.3 Å². The molecular weight excluding hydrogens is 251 g/mol. The molecule has 0 saturated carbocycles. The predicted octanol–water partition coefficient (Wildman–Crippen LogP) is 2.89. The molecule has 2 rings (SSSR count). The first kappa shape index (κ1) is 15.5. The number of halogens is 1. The number of hydrogen-bond acceptors (Lipinski definition) is 2. The Balaban J connectivity index is 1.92. The smallest absolute Gasteiger partial charge is 0.102 e. The zero-order valence-electron chi connectivity index (χ0n) is 12.7. The predicted molar refractivity (Wildman–Crippen MR) is 82.7 cm³/mol. The highest BCUT2D eigenvalue weighted by atomic mass is 19.1. The second-order valence-electron chi connectivity index (χ2n) is 6.26. The number of alkyl halides is 1. The van der Waals surface area contributed by atoms with Crippen molar-refractivity contribution in [3.8, 4) is 0 Å². The molecule has 1 N–H and O–H groups in total. The Labute approximate surface area is 122 Å². The first-order chi connectivity index (χ1) is 9.69. The molecule has 1 aromatic carbocycles. The summed E-state index contributed by atoms with van der Waals surface area (Å²) in [5.74, 6) is 0.662. The molecule has 1 fully saturated rings. The Bertz CT molecular complexity index is 380. The van der Waals surface area contributed by atoms with E-state index in [0.717, 1.165) is 25.9 Å². The van der Waals surface area contributed by atoms with Gasteiger partial charge < -0.3 is 5.32 Å². The Morgan fingerprint density at radius 3 is 2.70 bits per heavy atom. The zero-order valence-corrected chi connectivity index (χ0v) is 12.7. The van der Waals surface area contributed by atoms with Crippen LogP contribution in [0.1, 0.15) is 25.8 Å². The average Bonchev–Trinajstić information content (AvgIpc) is 2.43. The van der Waals surface area contributed by atoms with Crippen LogP contribution in [0.3, 0.4) is 0 Å². The lowest BCUT2D eigenvalue weighted by atomic mass is 9.96. The van der Waals surface area contributed by atoms with E-state index >= 15 is 0 Å². The molecular formula is C17H27FN2. The quantitative estimate of drug-likeness (QED) is 0.861. The van der Waals surface area contributed by atoms with E-state index in [9.17, 15) is 4.39 Å². The van der Waals surface area contributed by atoms with Gasteiger partial charge in [-0.1, -0.05) is 44.2 Å². The van der Waals surface area contributed by atoms with Crippen molar-refractivity contribution in [3.05, 3.63) is 35.9 Å². The van der Waals surface area contributed by atoms with Crippen LogP contribution in [0.4, 0.5) is 4.39 Å². The molecule has 2 atom stereocenters. The Morgan fingerprint density at radius 2 is 2.05 bits per heavy atom. The van der Waals surface area contributed by atoms with Gasteiger partial charge in [-0.2, -0.15) is 0 Å². The molecule has 0 bridgehead atoms. The summed E-state index contributed by atoms with van der Waals surface area (Å²) in [5, 5.41) is 3.65. The monoisotopic (exact) mass is 278 g/mol. The lowest BCUT2D eigenvalue weighted by Crippen LogP contribution is -2.57. The van der Waals surface area contributed by atoms with E-state index in [1.807, 2.05) is 6.07 Å². The molecule has 0 aromatic heterocycles. The van der Waals surface area contributed by atoms with Crippen LogP contribution in [0, 0.1) is 5.92 Å². The van der Waals surface area contributed by atoms with Crippen molar-refractivity contribution in [2.45, 2.75) is 38.8 Å². The summed E-state index contributed by atoms with van der Waals surface area (Å²) in [7, 11) is 0. The van der Waals surface area contributed by atoms with Crippen LogP contribution in [0.15, 0.2) is 30.3 Å². The minimum Gasteiger partial charge on any atom is -0.311 e. The maximum atomic E-state index is 12.8. The molecule has 0 spiro atoms. The highest BCUT2D eigenvalue weighted by molar-refractivity contribution is 5.16. The van der Waals surface area contributed by atoms with Crippen LogP contribution in [0.25, 0.3) is 0 Å². The number of rotatable bonds is 6. The molecule has 1 aliphatic rings. The molecule has 0 amide bonds. The number of piperazine rings is 1. The van der Waals surface area contributed by atoms with Crippen LogP contribution in [-0.4, -0.2) is 43.3 Å².